The zero-order chi connectivity index (χ0) is 17.8. The number of rotatable bonds is 4. The first kappa shape index (κ1) is 17.9. The van der Waals surface area contributed by atoms with E-state index in [0.717, 1.165) is 29.1 Å². The van der Waals surface area contributed by atoms with Crippen LogP contribution in [0.3, 0.4) is 0 Å². The van der Waals surface area contributed by atoms with E-state index in [1.54, 1.807) is 23.2 Å². The number of carbonyl (C=O) groups excluding carboxylic acids is 2. The highest BCUT2D eigenvalue weighted by Crippen LogP contribution is 2.29. The summed E-state index contributed by atoms with van der Waals surface area (Å²) in [7, 11) is 0. The molecule has 3 heterocycles. The summed E-state index contributed by atoms with van der Waals surface area (Å²) in [6.45, 7) is 5.25. The summed E-state index contributed by atoms with van der Waals surface area (Å²) < 4.78 is 5.01. The molecule has 0 unspecified atom stereocenters. The van der Waals surface area contributed by atoms with Gasteiger partial charge in [-0.25, -0.2) is 9.78 Å². The highest BCUT2D eigenvalue weighted by atomic mass is 32.1. The van der Waals surface area contributed by atoms with Crippen molar-refractivity contribution >= 4 is 34.7 Å². The van der Waals surface area contributed by atoms with E-state index in [1.165, 1.54) is 11.3 Å². The summed E-state index contributed by atoms with van der Waals surface area (Å²) in [6.07, 6.45) is 1.20. The number of nitrogens with one attached hydrogen (secondary N) is 1. The topological polar surface area (TPSA) is 71.5 Å². The van der Waals surface area contributed by atoms with Gasteiger partial charge < -0.3 is 15.0 Å². The molecule has 0 atom stereocenters. The quantitative estimate of drug-likeness (QED) is 0.882. The first-order valence-corrected chi connectivity index (χ1v) is 10.1. The Bertz CT molecular complexity index is 734. The van der Waals surface area contributed by atoms with Gasteiger partial charge in [0, 0.05) is 30.1 Å². The van der Waals surface area contributed by atoms with Crippen molar-refractivity contribution in [2.75, 3.05) is 19.7 Å². The molecule has 1 N–H and O–H groups in total. The van der Waals surface area contributed by atoms with Crippen LogP contribution in [0.15, 0.2) is 16.8 Å². The average molecular weight is 380 g/mol. The molecule has 3 rings (SSSR count). The Kier molecular flexibility index (Phi) is 5.70. The third-order valence-corrected chi connectivity index (χ3v) is 6.02. The Morgan fingerprint density at radius 3 is 2.80 bits per heavy atom. The number of likely N-dealkylation sites (tertiary alicyclic amines) is 1. The van der Waals surface area contributed by atoms with E-state index in [4.69, 9.17) is 4.74 Å². The predicted octanol–water partition coefficient (Wildman–Crippen LogP) is 3.53. The third kappa shape index (κ3) is 4.19. The van der Waals surface area contributed by atoms with Gasteiger partial charge >= 0.3 is 6.09 Å². The van der Waals surface area contributed by atoms with Gasteiger partial charge in [0.15, 0.2) is 0 Å². The van der Waals surface area contributed by atoms with Gasteiger partial charge in [0.1, 0.15) is 9.88 Å². The minimum absolute atomic E-state index is 0.0734. The minimum atomic E-state index is -0.272. The molecule has 1 saturated heterocycles. The van der Waals surface area contributed by atoms with Crippen molar-refractivity contribution in [2.24, 2.45) is 0 Å². The van der Waals surface area contributed by atoms with Crippen molar-refractivity contribution in [3.8, 4) is 10.6 Å². The van der Waals surface area contributed by atoms with Gasteiger partial charge in [-0.15, -0.1) is 11.3 Å². The Labute approximate surface area is 154 Å². The highest BCUT2D eigenvalue weighted by Gasteiger charge is 2.26. The maximum absolute atomic E-state index is 12.6. The second kappa shape index (κ2) is 7.97. The molecule has 25 heavy (non-hydrogen) atoms. The fraction of sp³-hybridized carbons (Fsp3) is 0.471. The molecule has 2 aromatic rings. The zero-order valence-electron chi connectivity index (χ0n) is 14.3. The lowest BCUT2D eigenvalue weighted by atomic mass is 10.1. The van der Waals surface area contributed by atoms with Gasteiger partial charge in [-0.1, -0.05) is 0 Å². The molecule has 134 valence electrons. The van der Waals surface area contributed by atoms with Crippen molar-refractivity contribution in [1.29, 1.82) is 0 Å². The second-order valence-corrected chi connectivity index (χ2v) is 7.66. The molecule has 0 saturated carbocycles. The number of ether oxygens (including phenoxy) is 1. The van der Waals surface area contributed by atoms with E-state index in [9.17, 15) is 9.59 Å². The van der Waals surface area contributed by atoms with Crippen LogP contribution in [-0.2, 0) is 4.74 Å². The van der Waals surface area contributed by atoms with Crippen molar-refractivity contribution in [1.82, 2.24) is 15.2 Å². The second-order valence-electron chi connectivity index (χ2n) is 5.88. The van der Waals surface area contributed by atoms with E-state index in [1.807, 2.05) is 23.8 Å². The number of carbonyl (C=O) groups is 2. The molecular weight excluding hydrogens is 358 g/mol. The van der Waals surface area contributed by atoms with Gasteiger partial charge in [-0.2, -0.15) is 11.3 Å². The van der Waals surface area contributed by atoms with Crippen LogP contribution >= 0.6 is 22.7 Å². The molecule has 6 nitrogen and oxygen atoms in total. The van der Waals surface area contributed by atoms with Crippen LogP contribution in [0.2, 0.25) is 0 Å². The monoisotopic (exact) mass is 379 g/mol. The van der Waals surface area contributed by atoms with Crippen molar-refractivity contribution in [3.63, 3.8) is 0 Å². The summed E-state index contributed by atoms with van der Waals surface area (Å²) in [6, 6.07) is 2.08. The minimum Gasteiger partial charge on any atom is -0.450 e. The van der Waals surface area contributed by atoms with Gasteiger partial charge in [0.25, 0.3) is 5.91 Å². The van der Waals surface area contributed by atoms with Crippen LogP contribution in [0.1, 0.15) is 35.1 Å². The van der Waals surface area contributed by atoms with Crippen molar-refractivity contribution in [3.05, 3.63) is 27.4 Å². The number of hydrogen-bond donors (Lipinski definition) is 1. The molecule has 0 spiro atoms. The van der Waals surface area contributed by atoms with Crippen LogP contribution in [0.25, 0.3) is 10.6 Å². The molecule has 1 aliphatic rings. The summed E-state index contributed by atoms with van der Waals surface area (Å²) in [4.78, 5) is 31.2. The number of aryl methyl sites for hydroxylation is 1. The van der Waals surface area contributed by atoms with E-state index in [-0.39, 0.29) is 18.0 Å². The molecule has 0 bridgehead atoms. The van der Waals surface area contributed by atoms with Gasteiger partial charge in [-0.3, -0.25) is 4.79 Å². The number of thiazole rings is 1. The number of thiophene rings is 1. The van der Waals surface area contributed by atoms with Crippen LogP contribution in [0.4, 0.5) is 4.79 Å². The fourth-order valence-electron chi connectivity index (χ4n) is 2.79. The predicted molar refractivity (Wildman–Crippen MR) is 99.2 cm³/mol. The first-order chi connectivity index (χ1) is 12.1. The lowest BCUT2D eigenvalue weighted by Crippen LogP contribution is -2.46. The average Bonchev–Trinajstić information content (AvgIpc) is 3.25. The molecular formula is C17H21N3O3S2. The Morgan fingerprint density at radius 2 is 2.16 bits per heavy atom. The molecule has 0 radical (unpaired) electrons. The summed E-state index contributed by atoms with van der Waals surface area (Å²) in [5.74, 6) is -0.0777. The van der Waals surface area contributed by atoms with E-state index < -0.39 is 0 Å². The van der Waals surface area contributed by atoms with Gasteiger partial charge in [-0.05, 0) is 38.1 Å². The SMILES string of the molecule is CCOC(=O)N1CCC(NC(=O)c2sc(-c3ccsc3)nc2C)CC1. The molecule has 0 aromatic carbocycles. The first-order valence-electron chi connectivity index (χ1n) is 8.31. The molecule has 2 amide bonds. The fourth-order valence-corrected chi connectivity index (χ4v) is 4.47. The lowest BCUT2D eigenvalue weighted by molar-refractivity contribution is 0.0862. The van der Waals surface area contributed by atoms with E-state index in [2.05, 4.69) is 10.3 Å². The number of piperidine rings is 1. The van der Waals surface area contributed by atoms with Crippen molar-refractivity contribution in [2.45, 2.75) is 32.7 Å². The summed E-state index contributed by atoms with van der Waals surface area (Å²) in [5.41, 5.74) is 1.81. The number of aromatic nitrogens is 1. The Hall–Kier alpha value is -1.93. The lowest BCUT2D eigenvalue weighted by Gasteiger charge is -2.31. The summed E-state index contributed by atoms with van der Waals surface area (Å²) in [5, 5.41) is 7.99. The van der Waals surface area contributed by atoms with E-state index >= 15 is 0 Å². The van der Waals surface area contributed by atoms with Crippen LogP contribution in [-0.4, -0.2) is 47.6 Å². The van der Waals surface area contributed by atoms with Crippen LogP contribution in [0.5, 0.6) is 0 Å². The molecule has 8 heteroatoms. The zero-order valence-corrected chi connectivity index (χ0v) is 15.9. The maximum atomic E-state index is 12.6. The highest BCUT2D eigenvalue weighted by molar-refractivity contribution is 7.17. The van der Waals surface area contributed by atoms with Crippen LogP contribution in [0, 0.1) is 6.92 Å². The summed E-state index contributed by atoms with van der Waals surface area (Å²) >= 11 is 3.04. The maximum Gasteiger partial charge on any atom is 0.409 e. The molecule has 2 aromatic heterocycles. The largest absolute Gasteiger partial charge is 0.450 e. The van der Waals surface area contributed by atoms with E-state index in [0.29, 0.717) is 24.6 Å². The number of nitrogens with zero attached hydrogens (tertiary/aromatic N) is 2. The standard InChI is InChI=1S/C17H21N3O3S2/c1-3-23-17(22)20-7-4-13(5-8-20)19-15(21)14-11(2)18-16(25-14)12-6-9-24-10-12/h6,9-10,13H,3-5,7-8H2,1-2H3,(H,19,21). The number of amides is 2. The normalized spacial score (nSPS) is 15.2. The van der Waals surface area contributed by atoms with Crippen LogP contribution < -0.4 is 5.32 Å². The number of hydrogen-bond acceptors (Lipinski definition) is 6. The Morgan fingerprint density at radius 1 is 1.40 bits per heavy atom. The van der Waals surface area contributed by atoms with Gasteiger partial charge in [0.05, 0.1) is 12.3 Å². The third-order valence-electron chi connectivity index (χ3n) is 4.13. The Balaban J connectivity index is 1.58. The van der Waals surface area contributed by atoms with Gasteiger partial charge in [0.2, 0.25) is 0 Å². The van der Waals surface area contributed by atoms with Crippen molar-refractivity contribution < 1.29 is 14.3 Å². The smallest absolute Gasteiger partial charge is 0.409 e. The molecule has 0 aliphatic carbocycles. The molecule has 1 fully saturated rings. The molecule has 1 aliphatic heterocycles.